The Morgan fingerprint density at radius 1 is 1.30 bits per heavy atom. The predicted octanol–water partition coefficient (Wildman–Crippen LogP) is 2.95. The van der Waals surface area contributed by atoms with Crippen LogP contribution in [0.15, 0.2) is 11.6 Å². The number of thioether (sulfide) groups is 1. The molecule has 5 nitrogen and oxygen atoms in total. The third-order valence-electron chi connectivity index (χ3n) is 6.22. The summed E-state index contributed by atoms with van der Waals surface area (Å²) in [5, 5.41) is 8.40. The summed E-state index contributed by atoms with van der Waals surface area (Å²) in [6.07, 6.45) is 12.0. The minimum Gasteiger partial charge on any atom is -0.336 e. The summed E-state index contributed by atoms with van der Waals surface area (Å²) in [6, 6.07) is 0.467. The molecule has 4 rings (SSSR count). The number of allylic oxidation sites excluding steroid dienone is 1. The topological polar surface area (TPSA) is 50.2 Å². The van der Waals surface area contributed by atoms with Crippen LogP contribution in [0.5, 0.6) is 0 Å². The highest BCUT2D eigenvalue weighted by atomic mass is 32.2. The molecule has 1 aromatic rings. The van der Waals surface area contributed by atoms with E-state index in [0.717, 1.165) is 50.4 Å². The molecule has 1 fully saturated rings. The lowest BCUT2D eigenvalue weighted by molar-refractivity contribution is 0.0764. The first kappa shape index (κ1) is 19.1. The van der Waals surface area contributed by atoms with Gasteiger partial charge in [-0.25, -0.2) is 0 Å². The molecule has 1 atom stereocenters. The van der Waals surface area contributed by atoms with Crippen molar-refractivity contribution < 1.29 is 4.79 Å². The van der Waals surface area contributed by atoms with Crippen molar-refractivity contribution >= 4 is 17.7 Å². The molecule has 6 heteroatoms. The minimum atomic E-state index is 0.139. The second kappa shape index (κ2) is 8.82. The molecular formula is C21H32N4OS. The zero-order chi connectivity index (χ0) is 18.6. The number of nitrogens with one attached hydrogen (secondary N) is 1. The number of carbonyl (C=O) groups excluding carboxylic acids is 1. The Labute approximate surface area is 166 Å². The fourth-order valence-corrected chi connectivity index (χ4v) is 5.52. The van der Waals surface area contributed by atoms with Crippen LogP contribution in [-0.2, 0) is 19.9 Å². The van der Waals surface area contributed by atoms with Gasteiger partial charge in [0.1, 0.15) is 0 Å². The Morgan fingerprint density at radius 2 is 2.15 bits per heavy atom. The highest BCUT2D eigenvalue weighted by Crippen LogP contribution is 2.26. The molecule has 0 bridgehead atoms. The number of amides is 1. The van der Waals surface area contributed by atoms with Crippen molar-refractivity contribution in [3.05, 3.63) is 28.6 Å². The van der Waals surface area contributed by atoms with Crippen molar-refractivity contribution in [1.82, 2.24) is 20.0 Å². The van der Waals surface area contributed by atoms with Crippen LogP contribution in [0.25, 0.3) is 0 Å². The second-order valence-electron chi connectivity index (χ2n) is 8.05. The summed E-state index contributed by atoms with van der Waals surface area (Å²) in [5.74, 6) is 2.22. The van der Waals surface area contributed by atoms with E-state index in [1.165, 1.54) is 43.4 Å². The molecule has 2 aliphatic carbocycles. The van der Waals surface area contributed by atoms with Gasteiger partial charge >= 0.3 is 0 Å². The van der Waals surface area contributed by atoms with Crippen molar-refractivity contribution in [2.24, 2.45) is 7.05 Å². The largest absolute Gasteiger partial charge is 0.336 e. The average molecular weight is 389 g/mol. The molecule has 0 spiro atoms. The molecule has 1 N–H and O–H groups in total. The number of hydrogen-bond acceptors (Lipinski definition) is 4. The summed E-state index contributed by atoms with van der Waals surface area (Å²) in [6.45, 7) is 2.76. The van der Waals surface area contributed by atoms with E-state index in [9.17, 15) is 4.79 Å². The molecule has 2 heterocycles. The molecule has 1 saturated heterocycles. The van der Waals surface area contributed by atoms with Gasteiger partial charge in [0.15, 0.2) is 5.69 Å². The van der Waals surface area contributed by atoms with Gasteiger partial charge in [-0.15, -0.1) is 0 Å². The summed E-state index contributed by atoms with van der Waals surface area (Å²) >= 11 is 1.93. The van der Waals surface area contributed by atoms with Crippen LogP contribution < -0.4 is 5.32 Å². The maximum Gasteiger partial charge on any atom is 0.274 e. The Balaban J connectivity index is 1.39. The first-order valence-electron chi connectivity index (χ1n) is 10.6. The molecule has 148 valence electrons. The lowest BCUT2D eigenvalue weighted by Gasteiger charge is -2.27. The van der Waals surface area contributed by atoms with Gasteiger partial charge in [0.05, 0.1) is 0 Å². The van der Waals surface area contributed by atoms with Gasteiger partial charge < -0.3 is 10.2 Å². The Morgan fingerprint density at radius 3 is 2.93 bits per heavy atom. The van der Waals surface area contributed by atoms with E-state index in [-0.39, 0.29) is 5.91 Å². The van der Waals surface area contributed by atoms with Gasteiger partial charge in [-0.3, -0.25) is 9.48 Å². The van der Waals surface area contributed by atoms with Crippen molar-refractivity contribution in [3.8, 4) is 0 Å². The van der Waals surface area contributed by atoms with Gasteiger partial charge in [0, 0.05) is 48.9 Å². The fraction of sp³-hybridized carbons (Fsp3) is 0.714. The van der Waals surface area contributed by atoms with Crippen molar-refractivity contribution in [3.63, 3.8) is 0 Å². The van der Waals surface area contributed by atoms with Gasteiger partial charge in [0.25, 0.3) is 5.91 Å². The van der Waals surface area contributed by atoms with Gasteiger partial charge in [0.2, 0.25) is 0 Å². The van der Waals surface area contributed by atoms with E-state index >= 15 is 0 Å². The molecule has 1 aliphatic heterocycles. The van der Waals surface area contributed by atoms with Gasteiger partial charge in [-0.05, 0) is 57.9 Å². The quantitative estimate of drug-likeness (QED) is 0.788. The zero-order valence-corrected chi connectivity index (χ0v) is 17.3. The first-order chi connectivity index (χ1) is 13.2. The number of aromatic nitrogens is 2. The van der Waals surface area contributed by atoms with E-state index in [0.29, 0.717) is 11.7 Å². The molecule has 1 unspecified atom stereocenters. The summed E-state index contributed by atoms with van der Waals surface area (Å²) in [7, 11) is 1.99. The summed E-state index contributed by atoms with van der Waals surface area (Å²) < 4.78 is 1.95. The van der Waals surface area contributed by atoms with Crippen LogP contribution in [-0.4, -0.2) is 57.8 Å². The van der Waals surface area contributed by atoms with Crippen LogP contribution in [0.4, 0.5) is 0 Å². The van der Waals surface area contributed by atoms with Crippen molar-refractivity contribution in [2.45, 2.75) is 57.4 Å². The highest BCUT2D eigenvalue weighted by Gasteiger charge is 2.30. The maximum atomic E-state index is 13.0. The van der Waals surface area contributed by atoms with E-state index in [1.807, 2.05) is 28.4 Å². The molecule has 1 aromatic heterocycles. The van der Waals surface area contributed by atoms with Crippen molar-refractivity contribution in [1.29, 1.82) is 0 Å². The maximum absolute atomic E-state index is 13.0. The first-order valence-corrected chi connectivity index (χ1v) is 11.7. The Bertz CT molecular complexity index is 705. The third kappa shape index (κ3) is 4.43. The predicted molar refractivity (Wildman–Crippen MR) is 111 cm³/mol. The molecule has 0 aromatic carbocycles. The fourth-order valence-electron chi connectivity index (χ4n) is 4.62. The van der Waals surface area contributed by atoms with Crippen LogP contribution in [0.1, 0.15) is 60.3 Å². The molecule has 0 saturated carbocycles. The van der Waals surface area contributed by atoms with E-state index < -0.39 is 0 Å². The highest BCUT2D eigenvalue weighted by molar-refractivity contribution is 7.99. The molecular weight excluding hydrogens is 356 g/mol. The van der Waals surface area contributed by atoms with E-state index in [2.05, 4.69) is 16.5 Å². The Kier molecular flexibility index (Phi) is 6.23. The van der Waals surface area contributed by atoms with Crippen molar-refractivity contribution in [2.75, 3.05) is 31.1 Å². The molecule has 1 amide bonds. The smallest absolute Gasteiger partial charge is 0.274 e. The number of hydrogen-bond donors (Lipinski definition) is 1. The third-order valence-corrected chi connectivity index (χ3v) is 7.16. The SMILES string of the molecule is Cn1nc(C(=O)N2CCSCC2)c2c1CCC(NCCC1=CCCCC1)C2. The van der Waals surface area contributed by atoms with Gasteiger partial charge in [-0.1, -0.05) is 11.6 Å². The van der Waals surface area contributed by atoms with Gasteiger partial charge in [-0.2, -0.15) is 16.9 Å². The van der Waals surface area contributed by atoms with E-state index in [1.54, 1.807) is 5.57 Å². The van der Waals surface area contributed by atoms with E-state index in [4.69, 9.17) is 0 Å². The van der Waals surface area contributed by atoms with Crippen LogP contribution in [0.2, 0.25) is 0 Å². The summed E-state index contributed by atoms with van der Waals surface area (Å²) in [5.41, 5.74) is 4.80. The molecule has 27 heavy (non-hydrogen) atoms. The van der Waals surface area contributed by atoms with Crippen LogP contribution in [0, 0.1) is 0 Å². The lowest BCUT2D eigenvalue weighted by atomic mass is 9.90. The standard InChI is InChI=1S/C21H32N4OS/c1-24-19-8-7-17(22-10-9-16-5-3-2-4-6-16)15-18(19)20(23-24)21(26)25-11-13-27-14-12-25/h5,17,22H,2-4,6-15H2,1H3. The van der Waals surface area contributed by atoms with Crippen LogP contribution >= 0.6 is 11.8 Å². The average Bonchev–Trinajstić information content (AvgIpc) is 3.05. The normalized spacial score (nSPS) is 23.1. The number of aryl methyl sites for hydroxylation is 1. The Hall–Kier alpha value is -1.27. The number of rotatable bonds is 5. The minimum absolute atomic E-state index is 0.139. The number of carbonyl (C=O) groups is 1. The lowest BCUT2D eigenvalue weighted by Crippen LogP contribution is -2.39. The molecule has 0 radical (unpaired) electrons. The number of nitrogens with zero attached hydrogens (tertiary/aromatic N) is 3. The molecule has 3 aliphatic rings. The second-order valence-corrected chi connectivity index (χ2v) is 9.28. The van der Waals surface area contributed by atoms with Crippen LogP contribution in [0.3, 0.4) is 0 Å². The zero-order valence-electron chi connectivity index (χ0n) is 16.5. The monoisotopic (exact) mass is 388 g/mol. The summed E-state index contributed by atoms with van der Waals surface area (Å²) in [4.78, 5) is 15.0. The number of fused-ring (bicyclic) bond motifs is 1.